The van der Waals surface area contributed by atoms with Gasteiger partial charge in [-0.1, -0.05) is 6.07 Å². The summed E-state index contributed by atoms with van der Waals surface area (Å²) in [4.78, 5) is 2.48. The van der Waals surface area contributed by atoms with Crippen molar-refractivity contribution in [3.05, 3.63) is 29.6 Å². The lowest BCUT2D eigenvalue weighted by molar-refractivity contribution is 0.0678. The van der Waals surface area contributed by atoms with Crippen LogP contribution >= 0.6 is 0 Å². The molecule has 0 radical (unpaired) electrons. The first-order chi connectivity index (χ1) is 9.13. The third kappa shape index (κ3) is 2.60. The van der Waals surface area contributed by atoms with Crippen LogP contribution in [0, 0.1) is 11.7 Å². The van der Waals surface area contributed by atoms with E-state index in [2.05, 4.69) is 10.2 Å². The predicted molar refractivity (Wildman–Crippen MR) is 72.6 cm³/mol. The number of hydrogen-bond acceptors (Lipinski definition) is 3. The molecule has 0 amide bonds. The third-order valence-electron chi connectivity index (χ3n) is 4.57. The first-order valence-corrected chi connectivity index (χ1v) is 7.10. The number of rotatable bonds is 3. The highest BCUT2D eigenvalue weighted by atomic mass is 19.1. The Kier molecular flexibility index (Phi) is 3.46. The van der Waals surface area contributed by atoms with Gasteiger partial charge in [0.25, 0.3) is 0 Å². The molecule has 0 spiro atoms. The van der Waals surface area contributed by atoms with Gasteiger partial charge in [0.15, 0.2) is 0 Å². The molecule has 2 bridgehead atoms. The zero-order chi connectivity index (χ0) is 13.4. The van der Waals surface area contributed by atoms with Gasteiger partial charge in [0, 0.05) is 30.3 Å². The first kappa shape index (κ1) is 12.9. The van der Waals surface area contributed by atoms with Crippen LogP contribution in [-0.2, 0) is 0 Å². The minimum absolute atomic E-state index is 0.0173. The van der Waals surface area contributed by atoms with Crippen LogP contribution in [0.15, 0.2) is 18.2 Å². The first-order valence-electron chi connectivity index (χ1n) is 7.10. The summed E-state index contributed by atoms with van der Waals surface area (Å²) in [5, 5.41) is 12.8. The topological polar surface area (TPSA) is 35.5 Å². The van der Waals surface area contributed by atoms with Crippen molar-refractivity contribution < 1.29 is 9.50 Å². The van der Waals surface area contributed by atoms with E-state index in [1.807, 2.05) is 6.92 Å². The Morgan fingerprint density at radius 1 is 1.37 bits per heavy atom. The van der Waals surface area contributed by atoms with E-state index >= 15 is 0 Å². The summed E-state index contributed by atoms with van der Waals surface area (Å²) in [5.41, 5.74) is 0.634. The molecule has 104 valence electrons. The Labute approximate surface area is 113 Å². The van der Waals surface area contributed by atoms with Crippen LogP contribution in [0.25, 0.3) is 0 Å². The van der Waals surface area contributed by atoms with Crippen molar-refractivity contribution in [2.24, 2.45) is 5.92 Å². The highest BCUT2D eigenvalue weighted by Crippen LogP contribution is 2.30. The van der Waals surface area contributed by atoms with Gasteiger partial charge in [-0.2, -0.15) is 0 Å². The maximum absolute atomic E-state index is 13.8. The molecule has 0 saturated carbocycles. The second kappa shape index (κ2) is 5.10. The van der Waals surface area contributed by atoms with Crippen LogP contribution in [0.3, 0.4) is 0 Å². The largest absolute Gasteiger partial charge is 0.508 e. The van der Waals surface area contributed by atoms with Gasteiger partial charge in [-0.3, -0.25) is 0 Å². The molecule has 0 aliphatic carbocycles. The average Bonchev–Trinajstić information content (AvgIpc) is 2.39. The van der Waals surface area contributed by atoms with Crippen molar-refractivity contribution in [2.45, 2.75) is 31.8 Å². The maximum atomic E-state index is 13.8. The predicted octanol–water partition coefficient (Wildman–Crippen LogP) is 2.28. The van der Waals surface area contributed by atoms with E-state index in [1.165, 1.54) is 32.0 Å². The molecule has 3 nitrogen and oxygen atoms in total. The molecule has 3 fully saturated rings. The van der Waals surface area contributed by atoms with Crippen LogP contribution in [0.2, 0.25) is 0 Å². The van der Waals surface area contributed by atoms with E-state index < -0.39 is 0 Å². The molecule has 3 heterocycles. The number of hydrogen-bond donors (Lipinski definition) is 2. The number of phenolic OH excluding ortho intramolecular Hbond substituents is 1. The average molecular weight is 264 g/mol. The maximum Gasteiger partial charge on any atom is 0.131 e. The minimum Gasteiger partial charge on any atom is -0.508 e. The van der Waals surface area contributed by atoms with Crippen molar-refractivity contribution in [1.29, 1.82) is 0 Å². The summed E-state index contributed by atoms with van der Waals surface area (Å²) in [6.07, 6.45) is 2.50. The molecule has 0 aromatic heterocycles. The number of nitrogens with one attached hydrogen (secondary N) is 1. The van der Waals surface area contributed by atoms with Crippen LogP contribution in [0.1, 0.15) is 31.4 Å². The SMILES string of the molecule is CC(NC1CN2CCC1CC2)c1ccc(O)cc1F. The molecular weight excluding hydrogens is 243 g/mol. The van der Waals surface area contributed by atoms with Gasteiger partial charge in [-0.15, -0.1) is 0 Å². The van der Waals surface area contributed by atoms with Gasteiger partial charge < -0.3 is 15.3 Å². The molecular formula is C15H21FN2O. The number of benzene rings is 1. The summed E-state index contributed by atoms with van der Waals surface area (Å²) < 4.78 is 13.8. The molecule has 2 N–H and O–H groups in total. The second-order valence-electron chi connectivity index (χ2n) is 5.84. The van der Waals surface area contributed by atoms with Gasteiger partial charge in [0.05, 0.1) is 0 Å². The van der Waals surface area contributed by atoms with Crippen LogP contribution in [0.4, 0.5) is 4.39 Å². The Morgan fingerprint density at radius 3 is 2.68 bits per heavy atom. The summed E-state index contributed by atoms with van der Waals surface area (Å²) >= 11 is 0. The number of nitrogens with zero attached hydrogens (tertiary/aromatic N) is 1. The fraction of sp³-hybridized carbons (Fsp3) is 0.600. The molecule has 2 atom stereocenters. The van der Waals surface area contributed by atoms with Gasteiger partial charge in [-0.05, 0) is 44.8 Å². The van der Waals surface area contributed by atoms with E-state index in [0.717, 1.165) is 12.5 Å². The lowest BCUT2D eigenvalue weighted by Crippen LogP contribution is -2.56. The number of fused-ring (bicyclic) bond motifs is 3. The van der Waals surface area contributed by atoms with Crippen LogP contribution in [-0.4, -0.2) is 35.7 Å². The van der Waals surface area contributed by atoms with E-state index in [1.54, 1.807) is 12.1 Å². The monoisotopic (exact) mass is 264 g/mol. The van der Waals surface area contributed by atoms with E-state index in [9.17, 15) is 9.50 Å². The van der Waals surface area contributed by atoms with E-state index in [-0.39, 0.29) is 17.6 Å². The Balaban J connectivity index is 1.69. The Hall–Kier alpha value is -1.13. The van der Waals surface area contributed by atoms with E-state index in [4.69, 9.17) is 0 Å². The molecule has 4 heteroatoms. The fourth-order valence-corrected chi connectivity index (χ4v) is 3.43. The summed E-state index contributed by atoms with van der Waals surface area (Å²) in [7, 11) is 0. The van der Waals surface area contributed by atoms with Gasteiger partial charge in [0.1, 0.15) is 11.6 Å². The highest BCUT2D eigenvalue weighted by molar-refractivity contribution is 5.29. The number of piperidine rings is 3. The second-order valence-corrected chi connectivity index (χ2v) is 5.84. The van der Waals surface area contributed by atoms with Gasteiger partial charge >= 0.3 is 0 Å². The molecule has 1 aromatic carbocycles. The molecule has 3 aliphatic heterocycles. The quantitative estimate of drug-likeness (QED) is 0.879. The third-order valence-corrected chi connectivity index (χ3v) is 4.57. The number of halogens is 1. The van der Waals surface area contributed by atoms with E-state index in [0.29, 0.717) is 11.6 Å². The minimum atomic E-state index is -0.332. The molecule has 2 unspecified atom stereocenters. The zero-order valence-electron chi connectivity index (χ0n) is 11.3. The van der Waals surface area contributed by atoms with Gasteiger partial charge in [-0.25, -0.2) is 4.39 Å². The highest BCUT2D eigenvalue weighted by Gasteiger charge is 2.34. The molecule has 1 aromatic rings. The fourth-order valence-electron chi connectivity index (χ4n) is 3.43. The normalized spacial score (nSPS) is 31.4. The van der Waals surface area contributed by atoms with Crippen molar-refractivity contribution in [3.63, 3.8) is 0 Å². The summed E-state index contributed by atoms with van der Waals surface area (Å²) in [6.45, 7) is 5.50. The Bertz CT molecular complexity index is 457. The van der Waals surface area contributed by atoms with Crippen molar-refractivity contribution in [3.8, 4) is 5.75 Å². The van der Waals surface area contributed by atoms with Crippen LogP contribution in [0.5, 0.6) is 5.75 Å². The number of aromatic hydroxyl groups is 1. The summed E-state index contributed by atoms with van der Waals surface area (Å²) in [5.74, 6) is 0.380. The standard InChI is InChI=1S/C15H21FN2O/c1-10(13-3-2-12(19)8-14(13)16)17-15-9-18-6-4-11(15)5-7-18/h2-3,8,10-11,15,17,19H,4-7,9H2,1H3. The molecule has 19 heavy (non-hydrogen) atoms. The lowest BCUT2D eigenvalue weighted by atomic mass is 9.83. The van der Waals surface area contributed by atoms with Crippen molar-refractivity contribution in [1.82, 2.24) is 10.2 Å². The van der Waals surface area contributed by atoms with Crippen LogP contribution < -0.4 is 5.32 Å². The molecule has 3 aliphatic rings. The van der Waals surface area contributed by atoms with Gasteiger partial charge in [0.2, 0.25) is 0 Å². The zero-order valence-corrected chi connectivity index (χ0v) is 11.3. The lowest BCUT2D eigenvalue weighted by Gasteiger charge is -2.46. The Morgan fingerprint density at radius 2 is 2.11 bits per heavy atom. The smallest absolute Gasteiger partial charge is 0.131 e. The molecule has 3 saturated heterocycles. The van der Waals surface area contributed by atoms with Crippen molar-refractivity contribution >= 4 is 0 Å². The summed E-state index contributed by atoms with van der Waals surface area (Å²) in [6, 6.07) is 4.85. The van der Waals surface area contributed by atoms with Crippen molar-refractivity contribution in [2.75, 3.05) is 19.6 Å². The molecule has 4 rings (SSSR count). The number of phenols is 1.